The van der Waals surface area contributed by atoms with E-state index in [0.29, 0.717) is 5.71 Å². The third-order valence-electron chi connectivity index (χ3n) is 1.99. The number of para-hydroxylation sites is 1. The van der Waals surface area contributed by atoms with Gasteiger partial charge >= 0.3 is 0 Å². The first-order chi connectivity index (χ1) is 5.79. The van der Waals surface area contributed by atoms with Crippen LogP contribution in [0.4, 0.5) is 0 Å². The molecule has 0 unspecified atom stereocenters. The van der Waals surface area contributed by atoms with Gasteiger partial charge in [0, 0.05) is 28.4 Å². The Balaban J connectivity index is 2.79. The van der Waals surface area contributed by atoms with E-state index >= 15 is 0 Å². The minimum absolute atomic E-state index is 0.604. The van der Waals surface area contributed by atoms with Gasteiger partial charge in [-0.1, -0.05) is 18.2 Å². The molecule has 0 atom stereocenters. The summed E-state index contributed by atoms with van der Waals surface area (Å²) in [6, 6.07) is 8.02. The molecule has 0 aliphatic heterocycles. The number of aromatic amines is 1. The number of nitrogens with one attached hydrogen (secondary N) is 2. The van der Waals surface area contributed by atoms with Gasteiger partial charge in [-0.3, -0.25) is 0 Å². The van der Waals surface area contributed by atoms with Crippen LogP contribution in [0.2, 0.25) is 0 Å². The van der Waals surface area contributed by atoms with Gasteiger partial charge in [-0.15, -0.1) is 0 Å². The molecule has 0 amide bonds. The Morgan fingerprint density at radius 2 is 2.08 bits per heavy atom. The fourth-order valence-electron chi connectivity index (χ4n) is 1.38. The Labute approximate surface area is 70.7 Å². The van der Waals surface area contributed by atoms with E-state index < -0.39 is 0 Å². The summed E-state index contributed by atoms with van der Waals surface area (Å²) in [5.41, 5.74) is 2.69. The zero-order chi connectivity index (χ0) is 8.55. The number of fused-ring (bicyclic) bond motifs is 1. The third kappa shape index (κ3) is 0.925. The van der Waals surface area contributed by atoms with Gasteiger partial charge in [-0.05, 0) is 13.0 Å². The van der Waals surface area contributed by atoms with E-state index in [1.54, 1.807) is 6.92 Å². The van der Waals surface area contributed by atoms with Gasteiger partial charge < -0.3 is 10.4 Å². The van der Waals surface area contributed by atoms with Gasteiger partial charge in [-0.25, -0.2) is 0 Å². The van der Waals surface area contributed by atoms with Crippen LogP contribution in [0.25, 0.3) is 10.9 Å². The van der Waals surface area contributed by atoms with Gasteiger partial charge in [0.1, 0.15) is 0 Å². The molecule has 0 saturated heterocycles. The second-order valence-corrected chi connectivity index (χ2v) is 2.87. The van der Waals surface area contributed by atoms with Crippen molar-refractivity contribution in [3.05, 3.63) is 36.0 Å². The lowest BCUT2D eigenvalue weighted by molar-refractivity contribution is 1.43. The standard InChI is InChI=1S/C10H10N2/c1-7(11)9-6-12-10-5-3-2-4-8(9)10/h2-6,11-12H,1H3. The van der Waals surface area contributed by atoms with Gasteiger partial charge in [-0.2, -0.15) is 0 Å². The normalized spacial score (nSPS) is 10.4. The molecule has 0 aliphatic carbocycles. The summed E-state index contributed by atoms with van der Waals surface area (Å²) >= 11 is 0. The predicted molar refractivity (Wildman–Crippen MR) is 50.8 cm³/mol. The lowest BCUT2D eigenvalue weighted by Gasteiger charge is -1.92. The van der Waals surface area contributed by atoms with E-state index in [4.69, 9.17) is 5.41 Å². The molecular weight excluding hydrogens is 148 g/mol. The zero-order valence-electron chi connectivity index (χ0n) is 6.89. The van der Waals surface area contributed by atoms with E-state index in [9.17, 15) is 0 Å². The zero-order valence-corrected chi connectivity index (χ0v) is 6.89. The average molecular weight is 158 g/mol. The second kappa shape index (κ2) is 2.48. The SMILES string of the molecule is CC(=N)c1c[nH]c2ccccc12. The summed E-state index contributed by atoms with van der Waals surface area (Å²) in [4.78, 5) is 3.13. The fourth-order valence-corrected chi connectivity index (χ4v) is 1.38. The molecule has 1 aromatic carbocycles. The van der Waals surface area contributed by atoms with Gasteiger partial charge in [0.2, 0.25) is 0 Å². The molecule has 0 saturated carbocycles. The van der Waals surface area contributed by atoms with Gasteiger partial charge in [0.05, 0.1) is 0 Å². The first-order valence-corrected chi connectivity index (χ1v) is 3.90. The van der Waals surface area contributed by atoms with Crippen LogP contribution in [0.1, 0.15) is 12.5 Å². The number of hydrogen-bond acceptors (Lipinski definition) is 1. The molecule has 2 heteroatoms. The van der Waals surface area contributed by atoms with E-state index in [0.717, 1.165) is 16.5 Å². The number of hydrogen-bond donors (Lipinski definition) is 2. The summed E-state index contributed by atoms with van der Waals surface area (Å²) in [5, 5.41) is 8.64. The number of benzene rings is 1. The van der Waals surface area contributed by atoms with Crippen LogP contribution in [-0.2, 0) is 0 Å². The van der Waals surface area contributed by atoms with Crippen molar-refractivity contribution in [3.63, 3.8) is 0 Å². The molecular formula is C10H10N2. The van der Waals surface area contributed by atoms with Crippen LogP contribution >= 0.6 is 0 Å². The van der Waals surface area contributed by atoms with E-state index in [1.807, 2.05) is 30.5 Å². The van der Waals surface area contributed by atoms with Crippen molar-refractivity contribution in [3.8, 4) is 0 Å². The molecule has 2 aromatic rings. The summed E-state index contributed by atoms with van der Waals surface area (Å²) in [6.07, 6.45) is 1.88. The Morgan fingerprint density at radius 1 is 1.33 bits per heavy atom. The maximum atomic E-state index is 7.51. The minimum atomic E-state index is 0.604. The molecule has 2 rings (SSSR count). The highest BCUT2D eigenvalue weighted by atomic mass is 14.7. The monoisotopic (exact) mass is 158 g/mol. The molecule has 12 heavy (non-hydrogen) atoms. The van der Waals surface area contributed by atoms with E-state index in [-0.39, 0.29) is 0 Å². The van der Waals surface area contributed by atoms with Crippen LogP contribution in [-0.4, -0.2) is 10.7 Å². The molecule has 0 fully saturated rings. The Bertz CT molecular complexity index is 426. The molecule has 0 bridgehead atoms. The first-order valence-electron chi connectivity index (χ1n) is 3.90. The highest BCUT2D eigenvalue weighted by molar-refractivity contribution is 6.07. The lowest BCUT2D eigenvalue weighted by atomic mass is 10.1. The topological polar surface area (TPSA) is 39.6 Å². The first kappa shape index (κ1) is 7.10. The molecule has 0 aliphatic rings. The molecule has 2 N–H and O–H groups in total. The fraction of sp³-hybridized carbons (Fsp3) is 0.100. The smallest absolute Gasteiger partial charge is 0.0460 e. The third-order valence-corrected chi connectivity index (χ3v) is 1.99. The lowest BCUT2D eigenvalue weighted by Crippen LogP contribution is -1.88. The van der Waals surface area contributed by atoms with Crippen LogP contribution in [0.15, 0.2) is 30.5 Å². The van der Waals surface area contributed by atoms with Crippen LogP contribution in [0.3, 0.4) is 0 Å². The molecule has 0 radical (unpaired) electrons. The quantitative estimate of drug-likeness (QED) is 0.599. The van der Waals surface area contributed by atoms with Crippen molar-refractivity contribution >= 4 is 16.6 Å². The highest BCUT2D eigenvalue weighted by Gasteiger charge is 2.02. The van der Waals surface area contributed by atoms with E-state index in [2.05, 4.69) is 4.98 Å². The minimum Gasteiger partial charge on any atom is -0.360 e. The summed E-state index contributed by atoms with van der Waals surface area (Å²) in [6.45, 7) is 1.80. The van der Waals surface area contributed by atoms with E-state index in [1.165, 1.54) is 0 Å². The Hall–Kier alpha value is -1.57. The maximum absolute atomic E-state index is 7.51. The Morgan fingerprint density at radius 3 is 2.83 bits per heavy atom. The van der Waals surface area contributed by atoms with Gasteiger partial charge in [0.25, 0.3) is 0 Å². The summed E-state index contributed by atoms with van der Waals surface area (Å²) in [5.74, 6) is 0. The molecule has 1 heterocycles. The van der Waals surface area contributed by atoms with Gasteiger partial charge in [0.15, 0.2) is 0 Å². The van der Waals surface area contributed by atoms with Crippen molar-refractivity contribution in [1.82, 2.24) is 4.98 Å². The molecule has 2 nitrogen and oxygen atoms in total. The number of rotatable bonds is 1. The second-order valence-electron chi connectivity index (χ2n) is 2.87. The summed E-state index contributed by atoms with van der Waals surface area (Å²) in [7, 11) is 0. The van der Waals surface area contributed by atoms with Crippen molar-refractivity contribution in [2.24, 2.45) is 0 Å². The van der Waals surface area contributed by atoms with Crippen LogP contribution < -0.4 is 0 Å². The molecule has 1 aromatic heterocycles. The number of H-pyrrole nitrogens is 1. The van der Waals surface area contributed by atoms with Crippen molar-refractivity contribution < 1.29 is 0 Å². The summed E-state index contributed by atoms with van der Waals surface area (Å²) < 4.78 is 0. The number of aromatic nitrogens is 1. The van der Waals surface area contributed by atoms with Crippen molar-refractivity contribution in [2.75, 3.05) is 0 Å². The van der Waals surface area contributed by atoms with Crippen LogP contribution in [0.5, 0.6) is 0 Å². The Kier molecular flexibility index (Phi) is 1.47. The van der Waals surface area contributed by atoms with Crippen molar-refractivity contribution in [1.29, 1.82) is 5.41 Å². The molecule has 0 spiro atoms. The largest absolute Gasteiger partial charge is 0.360 e. The predicted octanol–water partition coefficient (Wildman–Crippen LogP) is 2.56. The van der Waals surface area contributed by atoms with Crippen LogP contribution in [0, 0.1) is 5.41 Å². The van der Waals surface area contributed by atoms with Crippen molar-refractivity contribution in [2.45, 2.75) is 6.92 Å². The maximum Gasteiger partial charge on any atom is 0.0460 e. The molecule has 60 valence electrons. The highest BCUT2D eigenvalue weighted by Crippen LogP contribution is 2.17. The average Bonchev–Trinajstić information content (AvgIpc) is 2.47.